The monoisotopic (exact) mass is 395 g/mol. The van der Waals surface area contributed by atoms with E-state index in [1.54, 1.807) is 29.2 Å². The molecule has 2 aromatic rings. The zero-order valence-corrected chi connectivity index (χ0v) is 16.3. The number of benzene rings is 2. The number of nitrogens with zero attached hydrogens (tertiary/aromatic N) is 1. The molecular formula is C23H25NO5. The zero-order valence-electron chi connectivity index (χ0n) is 16.3. The lowest BCUT2D eigenvalue weighted by Gasteiger charge is -2.34. The zero-order chi connectivity index (χ0) is 20.5. The summed E-state index contributed by atoms with van der Waals surface area (Å²) in [5, 5.41) is 0. The molecule has 3 rings (SSSR count). The summed E-state index contributed by atoms with van der Waals surface area (Å²) in [4.78, 5) is 37.3. The summed E-state index contributed by atoms with van der Waals surface area (Å²) >= 11 is 0. The number of rotatable bonds is 8. The fourth-order valence-electron chi connectivity index (χ4n) is 3.52. The number of hydrogen-bond acceptors (Lipinski definition) is 5. The first-order valence-corrected chi connectivity index (χ1v) is 9.88. The van der Waals surface area contributed by atoms with E-state index in [0.717, 1.165) is 37.7 Å². The smallest absolute Gasteiger partial charge is 0.344 e. The summed E-state index contributed by atoms with van der Waals surface area (Å²) in [6.45, 7) is -0.625. The molecule has 1 saturated carbocycles. The Morgan fingerprint density at radius 3 is 2.28 bits per heavy atom. The van der Waals surface area contributed by atoms with Gasteiger partial charge in [0.1, 0.15) is 12.0 Å². The van der Waals surface area contributed by atoms with Crippen LogP contribution >= 0.6 is 0 Å². The molecule has 29 heavy (non-hydrogen) atoms. The van der Waals surface area contributed by atoms with Crippen LogP contribution in [-0.4, -0.2) is 37.4 Å². The Hall–Kier alpha value is -3.15. The summed E-state index contributed by atoms with van der Waals surface area (Å²) < 4.78 is 10.5. The molecule has 1 amide bonds. The second-order valence-corrected chi connectivity index (χ2v) is 7.03. The lowest BCUT2D eigenvalue weighted by molar-refractivity contribution is -0.149. The van der Waals surface area contributed by atoms with Crippen LogP contribution in [-0.2, 0) is 14.3 Å². The number of esters is 1. The van der Waals surface area contributed by atoms with Gasteiger partial charge in [0, 0.05) is 17.3 Å². The first-order valence-electron chi connectivity index (χ1n) is 9.88. The highest BCUT2D eigenvalue weighted by Gasteiger charge is 2.27. The lowest BCUT2D eigenvalue weighted by atomic mass is 9.93. The maximum atomic E-state index is 12.9. The quantitative estimate of drug-likeness (QED) is 0.502. The van der Waals surface area contributed by atoms with Crippen LogP contribution < -0.4 is 9.64 Å². The van der Waals surface area contributed by atoms with E-state index >= 15 is 0 Å². The summed E-state index contributed by atoms with van der Waals surface area (Å²) in [6.07, 6.45) is 6.01. The number of para-hydroxylation sites is 1. The van der Waals surface area contributed by atoms with Crippen molar-refractivity contribution < 1.29 is 23.9 Å². The Morgan fingerprint density at radius 1 is 0.931 bits per heavy atom. The van der Waals surface area contributed by atoms with Gasteiger partial charge in [-0.15, -0.1) is 0 Å². The predicted molar refractivity (Wildman–Crippen MR) is 109 cm³/mol. The average Bonchev–Trinajstić information content (AvgIpc) is 2.78. The molecule has 1 aliphatic carbocycles. The van der Waals surface area contributed by atoms with Gasteiger partial charge in [0.05, 0.1) is 0 Å². The molecule has 6 heteroatoms. The topological polar surface area (TPSA) is 72.9 Å². The van der Waals surface area contributed by atoms with E-state index in [9.17, 15) is 14.4 Å². The second kappa shape index (κ2) is 10.4. The molecule has 0 spiro atoms. The number of aldehydes is 1. The van der Waals surface area contributed by atoms with Crippen molar-refractivity contribution in [3.05, 3.63) is 60.2 Å². The third-order valence-corrected chi connectivity index (χ3v) is 4.97. The van der Waals surface area contributed by atoms with Gasteiger partial charge in [0.2, 0.25) is 0 Å². The highest BCUT2D eigenvalue weighted by Crippen LogP contribution is 2.27. The van der Waals surface area contributed by atoms with E-state index in [1.807, 2.05) is 30.3 Å². The fourth-order valence-corrected chi connectivity index (χ4v) is 3.52. The van der Waals surface area contributed by atoms with Crippen molar-refractivity contribution in [3.63, 3.8) is 0 Å². The van der Waals surface area contributed by atoms with Gasteiger partial charge < -0.3 is 14.4 Å². The molecule has 0 unspecified atom stereocenters. The molecule has 0 aliphatic heterocycles. The number of anilines is 1. The van der Waals surface area contributed by atoms with Crippen molar-refractivity contribution in [1.29, 1.82) is 0 Å². The Morgan fingerprint density at radius 2 is 1.62 bits per heavy atom. The first-order chi connectivity index (χ1) is 14.2. The molecule has 6 nitrogen and oxygen atoms in total. The molecule has 0 bridgehead atoms. The van der Waals surface area contributed by atoms with Crippen molar-refractivity contribution in [1.82, 2.24) is 0 Å². The van der Waals surface area contributed by atoms with Crippen LogP contribution in [0.4, 0.5) is 5.69 Å². The minimum Gasteiger partial charge on any atom is -0.482 e. The molecular weight excluding hydrogens is 370 g/mol. The number of hydrogen-bond donors (Lipinski definition) is 0. The molecule has 0 atom stereocenters. The first kappa shape index (κ1) is 20.6. The van der Waals surface area contributed by atoms with E-state index in [1.165, 1.54) is 6.42 Å². The molecule has 2 aromatic carbocycles. The van der Waals surface area contributed by atoms with Gasteiger partial charge in [-0.1, -0.05) is 37.5 Å². The van der Waals surface area contributed by atoms with E-state index < -0.39 is 5.97 Å². The molecule has 152 valence electrons. The van der Waals surface area contributed by atoms with Crippen LogP contribution in [0.2, 0.25) is 0 Å². The van der Waals surface area contributed by atoms with Crippen molar-refractivity contribution in [2.24, 2.45) is 0 Å². The molecule has 1 fully saturated rings. The van der Waals surface area contributed by atoms with Gasteiger partial charge >= 0.3 is 5.97 Å². The van der Waals surface area contributed by atoms with Gasteiger partial charge in [-0.25, -0.2) is 4.79 Å². The van der Waals surface area contributed by atoms with Crippen LogP contribution in [0.15, 0.2) is 54.6 Å². The van der Waals surface area contributed by atoms with Crippen LogP contribution in [0, 0.1) is 0 Å². The molecule has 1 aliphatic rings. The average molecular weight is 395 g/mol. The Bertz CT molecular complexity index is 813. The highest BCUT2D eigenvalue weighted by atomic mass is 16.6. The highest BCUT2D eigenvalue weighted by molar-refractivity contribution is 5.95. The normalized spacial score (nSPS) is 14.1. The summed E-state index contributed by atoms with van der Waals surface area (Å²) in [7, 11) is 0. The second-order valence-electron chi connectivity index (χ2n) is 7.03. The summed E-state index contributed by atoms with van der Waals surface area (Å²) in [5.74, 6) is -0.395. The maximum absolute atomic E-state index is 12.9. The molecule has 0 saturated heterocycles. The van der Waals surface area contributed by atoms with Crippen LogP contribution in [0.3, 0.4) is 0 Å². The molecule has 0 N–H and O–H groups in total. The minimum absolute atomic E-state index is 0.130. The molecule has 0 aromatic heterocycles. The van der Waals surface area contributed by atoms with Gasteiger partial charge in [0.15, 0.2) is 13.2 Å². The Balaban J connectivity index is 1.54. The number of amides is 1. The van der Waals surface area contributed by atoms with Crippen LogP contribution in [0.5, 0.6) is 5.75 Å². The standard InChI is InChI=1S/C23H25NO5/c25-15-18-11-13-21(14-12-18)28-17-23(27)29-16-22(26)24(19-7-3-1-4-8-19)20-9-5-2-6-10-20/h1,3-4,7-8,11-15,20H,2,5-6,9-10,16-17H2. The fraction of sp³-hybridized carbons (Fsp3) is 0.348. The largest absolute Gasteiger partial charge is 0.482 e. The predicted octanol–water partition coefficient (Wildman–Crippen LogP) is 3.79. The van der Waals surface area contributed by atoms with Crippen LogP contribution in [0.25, 0.3) is 0 Å². The van der Waals surface area contributed by atoms with E-state index in [4.69, 9.17) is 9.47 Å². The molecule has 0 radical (unpaired) electrons. The number of ether oxygens (including phenoxy) is 2. The third kappa shape index (κ3) is 5.91. The van der Waals surface area contributed by atoms with Gasteiger partial charge in [-0.3, -0.25) is 9.59 Å². The van der Waals surface area contributed by atoms with Crippen molar-refractivity contribution in [2.45, 2.75) is 38.1 Å². The summed E-state index contributed by atoms with van der Waals surface area (Å²) in [6, 6.07) is 16.0. The SMILES string of the molecule is O=Cc1ccc(OCC(=O)OCC(=O)N(c2ccccc2)C2CCCCC2)cc1. The van der Waals surface area contributed by atoms with Crippen molar-refractivity contribution >= 4 is 23.9 Å². The van der Waals surface area contributed by atoms with Crippen LogP contribution in [0.1, 0.15) is 42.5 Å². The van der Waals surface area contributed by atoms with E-state index in [2.05, 4.69) is 0 Å². The molecule has 0 heterocycles. The Labute approximate surface area is 170 Å². The van der Waals surface area contributed by atoms with Gasteiger partial charge in [-0.2, -0.15) is 0 Å². The Kier molecular flexibility index (Phi) is 7.39. The van der Waals surface area contributed by atoms with Crippen molar-refractivity contribution in [2.75, 3.05) is 18.1 Å². The minimum atomic E-state index is -0.616. The van der Waals surface area contributed by atoms with Crippen molar-refractivity contribution in [3.8, 4) is 5.75 Å². The van der Waals surface area contributed by atoms with E-state index in [0.29, 0.717) is 11.3 Å². The number of carbonyl (C=O) groups is 3. The van der Waals surface area contributed by atoms with E-state index in [-0.39, 0.29) is 25.2 Å². The lowest BCUT2D eigenvalue weighted by Crippen LogP contribution is -2.44. The van der Waals surface area contributed by atoms with Gasteiger partial charge in [-0.05, 0) is 49.2 Å². The third-order valence-electron chi connectivity index (χ3n) is 4.97. The maximum Gasteiger partial charge on any atom is 0.344 e. The van der Waals surface area contributed by atoms with Gasteiger partial charge in [0.25, 0.3) is 5.91 Å². The number of carbonyl (C=O) groups excluding carboxylic acids is 3. The summed E-state index contributed by atoms with van der Waals surface area (Å²) in [5.41, 5.74) is 1.35.